The van der Waals surface area contributed by atoms with Crippen LogP contribution in [0, 0.1) is 0 Å². The Kier molecular flexibility index (Phi) is 5.67. The van der Waals surface area contributed by atoms with E-state index in [-0.39, 0.29) is 0 Å². The van der Waals surface area contributed by atoms with E-state index in [1.165, 1.54) is 56.7 Å². The van der Waals surface area contributed by atoms with Crippen LogP contribution >= 0.6 is 22.7 Å². The normalized spacial score (nSPS) is 12.4. The lowest BCUT2D eigenvalue weighted by atomic mass is 9.91. The van der Waals surface area contributed by atoms with Gasteiger partial charge in [-0.05, 0) is 71.6 Å². The zero-order chi connectivity index (χ0) is 32.1. The Morgan fingerprint density at radius 1 is 0.408 bits per heavy atom. The van der Waals surface area contributed by atoms with Crippen molar-refractivity contribution in [1.29, 1.82) is 0 Å². The second kappa shape index (κ2) is 10.3. The zero-order valence-corrected chi connectivity index (χ0v) is 27.6. The van der Waals surface area contributed by atoms with Crippen molar-refractivity contribution in [1.82, 2.24) is 15.0 Å². The highest BCUT2D eigenvalue weighted by Crippen LogP contribution is 2.50. The summed E-state index contributed by atoms with van der Waals surface area (Å²) in [5.41, 5.74) is 6.43. The van der Waals surface area contributed by atoms with Crippen molar-refractivity contribution in [2.45, 2.75) is 0 Å². The summed E-state index contributed by atoms with van der Waals surface area (Å²) in [7, 11) is 0. The largest absolute Gasteiger partial charge is 0.278 e. The van der Waals surface area contributed by atoms with Crippen molar-refractivity contribution in [2.75, 3.05) is 4.90 Å². The molecule has 10 aromatic rings. The molecule has 6 heteroatoms. The number of anilines is 3. The first-order valence-corrected chi connectivity index (χ1v) is 17.9. The minimum absolute atomic E-state index is 0.597. The minimum Gasteiger partial charge on any atom is -0.278 e. The summed E-state index contributed by atoms with van der Waals surface area (Å²) in [6.45, 7) is 0. The fourth-order valence-electron chi connectivity index (χ4n) is 7.43. The molecule has 0 N–H and O–H groups in total. The van der Waals surface area contributed by atoms with E-state index in [0.717, 1.165) is 28.1 Å². The maximum absolute atomic E-state index is 5.29. The van der Waals surface area contributed by atoms with E-state index in [1.807, 2.05) is 22.7 Å². The molecular weight excluding hydrogens is 637 g/mol. The molecule has 4 nitrogen and oxygen atoms in total. The molecule has 228 valence electrons. The Hall–Kier alpha value is -5.95. The number of fused-ring (bicyclic) bond motifs is 8. The summed E-state index contributed by atoms with van der Waals surface area (Å²) in [6, 6.07) is 52.0. The van der Waals surface area contributed by atoms with E-state index >= 15 is 0 Å². The summed E-state index contributed by atoms with van der Waals surface area (Å²) in [5.74, 6) is 1.90. The van der Waals surface area contributed by atoms with Gasteiger partial charge in [0.25, 0.3) is 0 Å². The molecule has 11 rings (SSSR count). The minimum atomic E-state index is 0.597. The standard InChI is InChI=1S/C43H24N4S2/c1-4-15-34-28(11-1)31-14-7-9-25-10-8-16-35(40(25)31)47(34)43-45-41(26-19-21-38-32(23-26)29-12-2-5-17-36(29)48-38)44-42(46-43)27-20-22-39-33(24-27)30-13-3-6-18-37(30)49-39/h1-24H. The van der Waals surface area contributed by atoms with Gasteiger partial charge >= 0.3 is 0 Å². The Balaban J connectivity index is 1.19. The molecular formula is C43H24N4S2. The third-order valence-electron chi connectivity index (χ3n) is 9.65. The molecule has 0 aliphatic carbocycles. The lowest BCUT2D eigenvalue weighted by molar-refractivity contribution is 1.02. The Labute approximate surface area is 289 Å². The third-order valence-corrected chi connectivity index (χ3v) is 12.0. The average molecular weight is 661 g/mol. The topological polar surface area (TPSA) is 41.9 Å². The van der Waals surface area contributed by atoms with Crippen LogP contribution in [-0.4, -0.2) is 15.0 Å². The number of benzene rings is 7. The van der Waals surface area contributed by atoms with Gasteiger partial charge in [-0.2, -0.15) is 9.97 Å². The fraction of sp³-hybridized carbons (Fsp3) is 0. The van der Waals surface area contributed by atoms with Gasteiger partial charge in [-0.3, -0.25) is 4.90 Å². The van der Waals surface area contributed by atoms with Crippen molar-refractivity contribution in [3.8, 4) is 33.9 Å². The molecule has 1 aliphatic heterocycles. The molecule has 0 fully saturated rings. The van der Waals surface area contributed by atoms with Crippen LogP contribution in [0.4, 0.5) is 17.3 Å². The first kappa shape index (κ1) is 27.0. The van der Waals surface area contributed by atoms with E-state index < -0.39 is 0 Å². The summed E-state index contributed by atoms with van der Waals surface area (Å²) in [4.78, 5) is 18.0. The summed E-state index contributed by atoms with van der Waals surface area (Å²) >= 11 is 3.63. The van der Waals surface area contributed by atoms with Gasteiger partial charge in [-0.15, -0.1) is 22.7 Å². The second-order valence-corrected chi connectivity index (χ2v) is 14.6. The summed E-state index contributed by atoms with van der Waals surface area (Å²) in [5, 5.41) is 7.33. The Morgan fingerprint density at radius 3 is 1.61 bits per heavy atom. The molecule has 0 bridgehead atoms. The number of nitrogens with zero attached hydrogens (tertiary/aromatic N) is 4. The molecule has 0 amide bonds. The third kappa shape index (κ3) is 4.05. The van der Waals surface area contributed by atoms with Gasteiger partial charge in [-0.1, -0.05) is 84.9 Å². The number of rotatable bonds is 3. The van der Waals surface area contributed by atoms with Crippen LogP contribution in [0.5, 0.6) is 0 Å². The Morgan fingerprint density at radius 2 is 0.939 bits per heavy atom. The highest BCUT2D eigenvalue weighted by molar-refractivity contribution is 7.26. The van der Waals surface area contributed by atoms with E-state index in [2.05, 4.69) is 150 Å². The molecule has 0 spiro atoms. The average Bonchev–Trinajstić information content (AvgIpc) is 3.72. The molecule has 7 aromatic carbocycles. The van der Waals surface area contributed by atoms with Crippen molar-refractivity contribution >= 4 is 91.1 Å². The zero-order valence-electron chi connectivity index (χ0n) is 26.0. The van der Waals surface area contributed by atoms with Gasteiger partial charge < -0.3 is 0 Å². The van der Waals surface area contributed by atoms with Gasteiger partial charge in [-0.25, -0.2) is 4.98 Å². The van der Waals surface area contributed by atoms with Crippen LogP contribution < -0.4 is 4.90 Å². The van der Waals surface area contributed by atoms with E-state index in [1.54, 1.807) is 0 Å². The summed E-state index contributed by atoms with van der Waals surface area (Å²) in [6.07, 6.45) is 0. The van der Waals surface area contributed by atoms with Crippen LogP contribution in [0.2, 0.25) is 0 Å². The second-order valence-electron chi connectivity index (χ2n) is 12.4. The molecule has 3 aromatic heterocycles. The maximum Gasteiger partial charge on any atom is 0.238 e. The highest BCUT2D eigenvalue weighted by atomic mass is 32.1. The van der Waals surface area contributed by atoms with E-state index in [0.29, 0.717) is 17.6 Å². The first-order chi connectivity index (χ1) is 24.3. The predicted molar refractivity (Wildman–Crippen MR) is 208 cm³/mol. The first-order valence-electron chi connectivity index (χ1n) is 16.3. The van der Waals surface area contributed by atoms with Gasteiger partial charge in [0.1, 0.15) is 0 Å². The lowest BCUT2D eigenvalue weighted by Gasteiger charge is -2.32. The van der Waals surface area contributed by atoms with Gasteiger partial charge in [0.2, 0.25) is 5.95 Å². The van der Waals surface area contributed by atoms with Crippen LogP contribution in [0.15, 0.2) is 146 Å². The smallest absolute Gasteiger partial charge is 0.238 e. The molecule has 4 heterocycles. The lowest BCUT2D eigenvalue weighted by Crippen LogP contribution is -2.18. The van der Waals surface area contributed by atoms with Crippen molar-refractivity contribution in [3.63, 3.8) is 0 Å². The SMILES string of the molecule is c1ccc2c(c1)-c1cccc3cccc(c13)N2c1nc(-c2ccc3sc4ccccc4c3c2)nc(-c2ccc3sc4ccccc4c3c2)n1. The molecule has 0 unspecified atom stereocenters. The van der Waals surface area contributed by atoms with Crippen molar-refractivity contribution in [2.24, 2.45) is 0 Å². The molecule has 0 saturated heterocycles. The molecule has 1 aliphatic rings. The number of thiophene rings is 2. The summed E-state index contributed by atoms with van der Waals surface area (Å²) < 4.78 is 5.06. The van der Waals surface area contributed by atoms with Gasteiger partial charge in [0, 0.05) is 62.4 Å². The number of para-hydroxylation sites is 1. The van der Waals surface area contributed by atoms with Crippen molar-refractivity contribution in [3.05, 3.63) is 146 Å². The fourth-order valence-corrected chi connectivity index (χ4v) is 9.60. The molecule has 49 heavy (non-hydrogen) atoms. The van der Waals surface area contributed by atoms with Crippen LogP contribution in [-0.2, 0) is 0 Å². The number of hydrogen-bond acceptors (Lipinski definition) is 6. The van der Waals surface area contributed by atoms with E-state index in [4.69, 9.17) is 15.0 Å². The monoisotopic (exact) mass is 660 g/mol. The Bertz CT molecular complexity index is 2840. The predicted octanol–water partition coefficient (Wildman–Crippen LogP) is 12.5. The maximum atomic E-state index is 5.29. The molecule has 0 saturated carbocycles. The van der Waals surface area contributed by atoms with Gasteiger partial charge in [0.05, 0.1) is 11.4 Å². The highest BCUT2D eigenvalue weighted by Gasteiger charge is 2.28. The van der Waals surface area contributed by atoms with Crippen LogP contribution in [0.25, 0.3) is 85.0 Å². The van der Waals surface area contributed by atoms with Gasteiger partial charge in [0.15, 0.2) is 11.6 Å². The molecule has 0 radical (unpaired) electrons. The van der Waals surface area contributed by atoms with Crippen molar-refractivity contribution < 1.29 is 0 Å². The number of aromatic nitrogens is 3. The van der Waals surface area contributed by atoms with Crippen LogP contribution in [0.1, 0.15) is 0 Å². The van der Waals surface area contributed by atoms with E-state index in [9.17, 15) is 0 Å². The number of hydrogen-bond donors (Lipinski definition) is 0. The van der Waals surface area contributed by atoms with Crippen LogP contribution in [0.3, 0.4) is 0 Å². The quantitative estimate of drug-likeness (QED) is 0.189. The molecule has 0 atom stereocenters.